The summed E-state index contributed by atoms with van der Waals surface area (Å²) in [6.45, 7) is 4.19. The van der Waals surface area contributed by atoms with Gasteiger partial charge in [0.25, 0.3) is 0 Å². The maximum Gasteiger partial charge on any atom is 0.247 e. The number of aromatic nitrogens is 3. The Hall–Kier alpha value is -2.57. The van der Waals surface area contributed by atoms with Crippen molar-refractivity contribution < 1.29 is 9.47 Å². The number of hydrogen-bond donors (Lipinski definition) is 1. The number of anilines is 3. The molecule has 0 spiro atoms. The van der Waals surface area contributed by atoms with Gasteiger partial charge >= 0.3 is 0 Å². The first kappa shape index (κ1) is 16.3. The van der Waals surface area contributed by atoms with Gasteiger partial charge in [-0.05, 0) is 30.9 Å². The van der Waals surface area contributed by atoms with Gasteiger partial charge in [-0.1, -0.05) is 6.92 Å². The second kappa shape index (κ2) is 7.33. The minimum Gasteiger partial charge on any atom is -0.497 e. The van der Waals surface area contributed by atoms with E-state index >= 15 is 0 Å². The lowest BCUT2D eigenvalue weighted by Gasteiger charge is -2.30. The molecule has 7 nitrogen and oxygen atoms in total. The molecule has 0 saturated carbocycles. The van der Waals surface area contributed by atoms with Crippen molar-refractivity contribution in [3.63, 3.8) is 0 Å². The minimum absolute atomic E-state index is 0.629. The second-order valence-corrected chi connectivity index (χ2v) is 6.03. The molecule has 24 heavy (non-hydrogen) atoms. The molecule has 0 radical (unpaired) electrons. The summed E-state index contributed by atoms with van der Waals surface area (Å²) in [5, 5.41) is 11.5. The highest BCUT2D eigenvalue weighted by molar-refractivity contribution is 5.66. The first-order valence-electron chi connectivity index (χ1n) is 8.13. The van der Waals surface area contributed by atoms with Crippen LogP contribution in [0, 0.1) is 5.92 Å². The van der Waals surface area contributed by atoms with Gasteiger partial charge in [0.1, 0.15) is 11.5 Å². The highest BCUT2D eigenvalue weighted by Crippen LogP contribution is 2.31. The van der Waals surface area contributed by atoms with Gasteiger partial charge in [-0.3, -0.25) is 0 Å². The molecule has 1 saturated heterocycles. The van der Waals surface area contributed by atoms with Gasteiger partial charge in [-0.15, -0.1) is 5.10 Å². The molecule has 1 aliphatic heterocycles. The maximum absolute atomic E-state index is 5.39. The zero-order valence-corrected chi connectivity index (χ0v) is 14.3. The Morgan fingerprint density at radius 3 is 2.88 bits per heavy atom. The lowest BCUT2D eigenvalue weighted by molar-refractivity contribution is 0.405. The zero-order chi connectivity index (χ0) is 16.9. The molecule has 0 aliphatic carbocycles. The van der Waals surface area contributed by atoms with E-state index in [1.165, 1.54) is 6.42 Å². The minimum atomic E-state index is 0.629. The molecule has 128 valence electrons. The number of benzene rings is 1. The van der Waals surface area contributed by atoms with Crippen molar-refractivity contribution in [2.24, 2.45) is 5.92 Å². The van der Waals surface area contributed by atoms with E-state index in [-0.39, 0.29) is 0 Å². The third-order valence-corrected chi connectivity index (χ3v) is 4.16. The fourth-order valence-electron chi connectivity index (χ4n) is 2.91. The van der Waals surface area contributed by atoms with Gasteiger partial charge in [0.2, 0.25) is 5.95 Å². The molecular weight excluding hydrogens is 306 g/mol. The van der Waals surface area contributed by atoms with Crippen molar-refractivity contribution >= 4 is 17.5 Å². The Morgan fingerprint density at radius 1 is 1.25 bits per heavy atom. The molecule has 1 unspecified atom stereocenters. The van der Waals surface area contributed by atoms with Crippen LogP contribution in [0.2, 0.25) is 0 Å². The molecule has 2 aromatic rings. The van der Waals surface area contributed by atoms with E-state index in [2.05, 4.69) is 32.3 Å². The van der Waals surface area contributed by atoms with Gasteiger partial charge < -0.3 is 19.7 Å². The first-order valence-corrected chi connectivity index (χ1v) is 8.13. The predicted molar refractivity (Wildman–Crippen MR) is 93.3 cm³/mol. The van der Waals surface area contributed by atoms with Crippen LogP contribution in [0.3, 0.4) is 0 Å². The molecule has 2 heterocycles. The molecule has 0 amide bonds. The summed E-state index contributed by atoms with van der Waals surface area (Å²) in [5.74, 6) is 3.39. The summed E-state index contributed by atoms with van der Waals surface area (Å²) < 4.78 is 10.7. The fraction of sp³-hybridized carbons (Fsp3) is 0.471. The molecule has 0 bridgehead atoms. The van der Waals surface area contributed by atoms with E-state index in [9.17, 15) is 0 Å². The Balaban J connectivity index is 1.82. The summed E-state index contributed by atoms with van der Waals surface area (Å²) in [7, 11) is 3.26. The van der Waals surface area contributed by atoms with Crippen molar-refractivity contribution in [2.75, 3.05) is 37.5 Å². The van der Waals surface area contributed by atoms with Crippen molar-refractivity contribution in [1.82, 2.24) is 15.2 Å². The smallest absolute Gasteiger partial charge is 0.247 e. The van der Waals surface area contributed by atoms with Crippen molar-refractivity contribution in [1.29, 1.82) is 0 Å². The van der Waals surface area contributed by atoms with Crippen molar-refractivity contribution in [3.8, 4) is 11.5 Å². The third-order valence-electron chi connectivity index (χ3n) is 4.16. The molecular formula is C17H23N5O2. The van der Waals surface area contributed by atoms with E-state index in [1.54, 1.807) is 20.4 Å². The van der Waals surface area contributed by atoms with Crippen LogP contribution in [0.15, 0.2) is 24.4 Å². The molecule has 1 aromatic carbocycles. The van der Waals surface area contributed by atoms with Crippen LogP contribution < -0.4 is 19.7 Å². The number of piperidine rings is 1. The molecule has 7 heteroatoms. The molecule has 1 fully saturated rings. The lowest BCUT2D eigenvalue weighted by atomic mass is 10.0. The standard InChI is InChI=1S/C17H23N5O2/c1-12-5-4-8-22(11-12)17-20-16(10-18-21-17)19-14-9-13(23-2)6-7-15(14)24-3/h6-7,9-10,12H,4-5,8,11H2,1-3H3,(H,19,20,21). The third kappa shape index (κ3) is 3.67. The van der Waals surface area contributed by atoms with Crippen molar-refractivity contribution in [3.05, 3.63) is 24.4 Å². The number of methoxy groups -OCH3 is 2. The second-order valence-electron chi connectivity index (χ2n) is 6.03. The Bertz CT molecular complexity index is 694. The monoisotopic (exact) mass is 329 g/mol. The van der Waals surface area contributed by atoms with Crippen LogP contribution in [-0.2, 0) is 0 Å². The van der Waals surface area contributed by atoms with Gasteiger partial charge in [0.15, 0.2) is 5.82 Å². The zero-order valence-electron chi connectivity index (χ0n) is 14.3. The normalized spacial score (nSPS) is 17.5. The topological polar surface area (TPSA) is 72.4 Å². The Kier molecular flexibility index (Phi) is 4.98. The van der Waals surface area contributed by atoms with E-state index in [1.807, 2.05) is 18.2 Å². The largest absolute Gasteiger partial charge is 0.497 e. The maximum atomic E-state index is 5.39. The van der Waals surface area contributed by atoms with Crippen LogP contribution in [0.4, 0.5) is 17.5 Å². The number of ether oxygens (including phenoxy) is 2. The summed E-state index contributed by atoms with van der Waals surface area (Å²) in [4.78, 5) is 6.79. The average Bonchev–Trinajstić information content (AvgIpc) is 2.62. The van der Waals surface area contributed by atoms with E-state index < -0.39 is 0 Å². The summed E-state index contributed by atoms with van der Waals surface area (Å²) >= 11 is 0. The molecule has 1 aromatic heterocycles. The SMILES string of the molecule is COc1ccc(OC)c(Nc2cnnc(N3CCCC(C)C3)n2)c1. The number of nitrogens with one attached hydrogen (secondary N) is 1. The van der Waals surface area contributed by atoms with Gasteiger partial charge in [0.05, 0.1) is 26.1 Å². The van der Waals surface area contributed by atoms with E-state index in [0.29, 0.717) is 23.4 Å². The van der Waals surface area contributed by atoms with Crippen LogP contribution in [0.25, 0.3) is 0 Å². The summed E-state index contributed by atoms with van der Waals surface area (Å²) in [5.41, 5.74) is 0.773. The molecule has 1 N–H and O–H groups in total. The van der Waals surface area contributed by atoms with E-state index in [0.717, 1.165) is 30.9 Å². The summed E-state index contributed by atoms with van der Waals surface area (Å²) in [6.07, 6.45) is 4.02. The van der Waals surface area contributed by atoms with Gasteiger partial charge in [-0.2, -0.15) is 10.1 Å². The number of rotatable bonds is 5. The lowest BCUT2D eigenvalue weighted by Crippen LogP contribution is -2.35. The van der Waals surface area contributed by atoms with E-state index in [4.69, 9.17) is 9.47 Å². The van der Waals surface area contributed by atoms with Crippen LogP contribution >= 0.6 is 0 Å². The van der Waals surface area contributed by atoms with Crippen LogP contribution in [0.5, 0.6) is 11.5 Å². The van der Waals surface area contributed by atoms with Gasteiger partial charge in [0, 0.05) is 19.2 Å². The Labute approximate surface area is 142 Å². The molecule has 1 atom stereocenters. The number of nitrogens with zero attached hydrogens (tertiary/aromatic N) is 4. The first-order chi connectivity index (χ1) is 11.7. The molecule has 3 rings (SSSR count). The van der Waals surface area contributed by atoms with Crippen molar-refractivity contribution in [2.45, 2.75) is 19.8 Å². The number of hydrogen-bond acceptors (Lipinski definition) is 7. The fourth-order valence-corrected chi connectivity index (χ4v) is 2.91. The highest BCUT2D eigenvalue weighted by Gasteiger charge is 2.19. The summed E-state index contributed by atoms with van der Waals surface area (Å²) in [6, 6.07) is 5.56. The predicted octanol–water partition coefficient (Wildman–Crippen LogP) is 2.87. The average molecular weight is 329 g/mol. The molecule has 1 aliphatic rings. The Morgan fingerprint density at radius 2 is 2.12 bits per heavy atom. The van der Waals surface area contributed by atoms with Crippen LogP contribution in [0.1, 0.15) is 19.8 Å². The van der Waals surface area contributed by atoms with Crippen LogP contribution in [-0.4, -0.2) is 42.5 Å². The van der Waals surface area contributed by atoms with Gasteiger partial charge in [-0.25, -0.2) is 0 Å². The quantitative estimate of drug-likeness (QED) is 0.904. The highest BCUT2D eigenvalue weighted by atomic mass is 16.5.